The van der Waals surface area contributed by atoms with Crippen LogP contribution in [0.5, 0.6) is 0 Å². The van der Waals surface area contributed by atoms with E-state index in [-0.39, 0.29) is 0 Å². The maximum Gasteiger partial charge on any atom is 0.113 e. The van der Waals surface area contributed by atoms with Crippen molar-refractivity contribution in [3.05, 3.63) is 42.0 Å². The summed E-state index contributed by atoms with van der Waals surface area (Å²) in [6, 6.07) is 12.7. The highest BCUT2D eigenvalue weighted by Crippen LogP contribution is 2.33. The van der Waals surface area contributed by atoms with Gasteiger partial charge in [-0.05, 0) is 30.5 Å². The van der Waals surface area contributed by atoms with Crippen LogP contribution >= 0.6 is 11.3 Å². The summed E-state index contributed by atoms with van der Waals surface area (Å²) in [6.07, 6.45) is 0. The molecule has 0 fully saturated rings. The molecule has 0 amide bonds. The lowest BCUT2D eigenvalue weighted by molar-refractivity contribution is 1.52. The lowest BCUT2D eigenvalue weighted by Gasteiger charge is -1.95. The van der Waals surface area contributed by atoms with Gasteiger partial charge in [0, 0.05) is 14.8 Å². The fraction of sp³-hybridized carbons (Fsp3) is 0.0769. The second-order valence-electron chi connectivity index (χ2n) is 3.86. The molecule has 0 unspecified atom stereocenters. The topological polar surface area (TPSA) is 0 Å². The summed E-state index contributed by atoms with van der Waals surface area (Å²) in [5.74, 6) is 0. The zero-order valence-corrected chi connectivity index (χ0v) is 9.27. The van der Waals surface area contributed by atoms with Crippen molar-refractivity contribution in [3.63, 3.8) is 0 Å². The maximum atomic E-state index is 5.82. The smallest absolute Gasteiger partial charge is 0.113 e. The summed E-state index contributed by atoms with van der Waals surface area (Å²) in [6.45, 7) is 2.12. The number of benzene rings is 2. The number of hydrogen-bond acceptors (Lipinski definition) is 1. The first kappa shape index (κ1) is 8.99. The van der Waals surface area contributed by atoms with Crippen LogP contribution in [0.4, 0.5) is 0 Å². The van der Waals surface area contributed by atoms with Crippen LogP contribution in [0.1, 0.15) is 5.56 Å². The molecular formula is C13H9BS. The molecule has 0 aliphatic carbocycles. The summed E-state index contributed by atoms with van der Waals surface area (Å²) in [4.78, 5) is 0. The molecule has 0 saturated heterocycles. The van der Waals surface area contributed by atoms with E-state index in [2.05, 4.69) is 37.3 Å². The molecule has 15 heavy (non-hydrogen) atoms. The summed E-state index contributed by atoms with van der Waals surface area (Å²) in [5, 5.41) is 2.60. The van der Waals surface area contributed by atoms with E-state index in [1.807, 2.05) is 17.4 Å². The van der Waals surface area contributed by atoms with Gasteiger partial charge in [-0.1, -0.05) is 29.2 Å². The molecule has 3 rings (SSSR count). The van der Waals surface area contributed by atoms with Gasteiger partial charge in [0.25, 0.3) is 0 Å². The Balaban J connectivity index is 2.55. The van der Waals surface area contributed by atoms with E-state index in [1.54, 1.807) is 0 Å². The molecular weight excluding hydrogens is 199 g/mol. The summed E-state index contributed by atoms with van der Waals surface area (Å²) in [5.41, 5.74) is 2.13. The van der Waals surface area contributed by atoms with Gasteiger partial charge in [0.1, 0.15) is 7.85 Å². The lowest BCUT2D eigenvalue weighted by Crippen LogP contribution is -1.98. The summed E-state index contributed by atoms with van der Waals surface area (Å²) in [7, 11) is 5.82. The predicted octanol–water partition coefficient (Wildman–Crippen LogP) is 3.16. The van der Waals surface area contributed by atoms with Crippen molar-refractivity contribution >= 4 is 44.8 Å². The van der Waals surface area contributed by atoms with Crippen LogP contribution in [-0.2, 0) is 0 Å². The SMILES string of the molecule is [B]c1ccc2sc3ccc(C)cc3c2c1. The molecule has 2 heteroatoms. The first-order valence-electron chi connectivity index (χ1n) is 4.92. The molecule has 0 N–H and O–H groups in total. The van der Waals surface area contributed by atoms with E-state index in [9.17, 15) is 0 Å². The van der Waals surface area contributed by atoms with Crippen molar-refractivity contribution in [1.82, 2.24) is 0 Å². The van der Waals surface area contributed by atoms with Gasteiger partial charge in [-0.2, -0.15) is 0 Å². The van der Waals surface area contributed by atoms with Gasteiger partial charge in [0.15, 0.2) is 0 Å². The Morgan fingerprint density at radius 2 is 1.60 bits per heavy atom. The van der Waals surface area contributed by atoms with Gasteiger partial charge in [0.05, 0.1) is 0 Å². The minimum Gasteiger partial charge on any atom is -0.135 e. The second kappa shape index (κ2) is 3.11. The van der Waals surface area contributed by atoms with Crippen molar-refractivity contribution in [3.8, 4) is 0 Å². The molecule has 1 aromatic heterocycles. The minimum atomic E-state index is 0.837. The first-order chi connectivity index (χ1) is 7.24. The Labute approximate surface area is 94.0 Å². The highest BCUT2D eigenvalue weighted by molar-refractivity contribution is 7.25. The van der Waals surface area contributed by atoms with Crippen molar-refractivity contribution in [2.75, 3.05) is 0 Å². The van der Waals surface area contributed by atoms with E-state index in [4.69, 9.17) is 7.85 Å². The predicted molar refractivity (Wildman–Crippen MR) is 69.5 cm³/mol. The molecule has 0 saturated carbocycles. The number of thiophene rings is 1. The van der Waals surface area contributed by atoms with Crippen LogP contribution in [-0.4, -0.2) is 7.85 Å². The largest absolute Gasteiger partial charge is 0.135 e. The van der Waals surface area contributed by atoms with E-state index >= 15 is 0 Å². The Bertz CT molecular complexity index is 596. The van der Waals surface area contributed by atoms with Gasteiger partial charge in [-0.3, -0.25) is 0 Å². The highest BCUT2D eigenvalue weighted by Gasteiger charge is 2.04. The van der Waals surface area contributed by atoms with Crippen molar-refractivity contribution < 1.29 is 0 Å². The molecule has 1 heterocycles. The quantitative estimate of drug-likeness (QED) is 0.498. The molecule has 0 bridgehead atoms. The van der Waals surface area contributed by atoms with Crippen LogP contribution < -0.4 is 5.46 Å². The van der Waals surface area contributed by atoms with E-state index < -0.39 is 0 Å². The molecule has 0 spiro atoms. The average molecular weight is 208 g/mol. The highest BCUT2D eigenvalue weighted by atomic mass is 32.1. The monoisotopic (exact) mass is 208 g/mol. The summed E-state index contributed by atoms with van der Waals surface area (Å²) < 4.78 is 2.64. The molecule has 0 nitrogen and oxygen atoms in total. The van der Waals surface area contributed by atoms with Gasteiger partial charge in [-0.25, -0.2) is 0 Å². The standard InChI is InChI=1S/C13H9BS/c1-8-2-4-12-10(6-8)11-7-9(14)3-5-13(11)15-12/h2-7H,1H3. The zero-order valence-electron chi connectivity index (χ0n) is 8.45. The van der Waals surface area contributed by atoms with Gasteiger partial charge >= 0.3 is 0 Å². The second-order valence-corrected chi connectivity index (χ2v) is 4.94. The molecule has 2 radical (unpaired) electrons. The summed E-state index contributed by atoms with van der Waals surface area (Å²) >= 11 is 1.82. The Morgan fingerprint density at radius 3 is 2.40 bits per heavy atom. The number of fused-ring (bicyclic) bond motifs is 3. The van der Waals surface area contributed by atoms with E-state index in [1.165, 1.54) is 25.7 Å². The van der Waals surface area contributed by atoms with Crippen LogP contribution in [0.3, 0.4) is 0 Å². The third kappa shape index (κ3) is 1.37. The van der Waals surface area contributed by atoms with E-state index in [0.717, 1.165) is 5.46 Å². The van der Waals surface area contributed by atoms with Crippen LogP contribution in [0.25, 0.3) is 20.2 Å². The number of rotatable bonds is 0. The van der Waals surface area contributed by atoms with Crippen molar-refractivity contribution in [1.29, 1.82) is 0 Å². The third-order valence-electron chi connectivity index (χ3n) is 2.65. The minimum absolute atomic E-state index is 0.837. The van der Waals surface area contributed by atoms with Crippen LogP contribution in [0, 0.1) is 6.92 Å². The molecule has 2 aromatic carbocycles. The first-order valence-corrected chi connectivity index (χ1v) is 5.74. The Kier molecular flexibility index (Phi) is 1.86. The van der Waals surface area contributed by atoms with Gasteiger partial charge in [-0.15, -0.1) is 11.3 Å². The molecule has 3 aromatic rings. The normalized spacial score (nSPS) is 11.3. The zero-order chi connectivity index (χ0) is 10.4. The van der Waals surface area contributed by atoms with Gasteiger partial charge in [0.2, 0.25) is 0 Å². The maximum absolute atomic E-state index is 5.82. The van der Waals surface area contributed by atoms with E-state index in [0.29, 0.717) is 0 Å². The fourth-order valence-corrected chi connectivity index (χ4v) is 2.98. The number of hydrogen-bond donors (Lipinski definition) is 0. The van der Waals surface area contributed by atoms with Crippen LogP contribution in [0.2, 0.25) is 0 Å². The third-order valence-corrected chi connectivity index (χ3v) is 3.80. The Hall–Kier alpha value is -1.28. The number of aryl methyl sites for hydroxylation is 1. The fourth-order valence-electron chi connectivity index (χ4n) is 1.91. The molecule has 70 valence electrons. The van der Waals surface area contributed by atoms with Crippen LogP contribution in [0.15, 0.2) is 36.4 Å². The molecule has 0 aliphatic rings. The van der Waals surface area contributed by atoms with Gasteiger partial charge < -0.3 is 0 Å². The average Bonchev–Trinajstić information content (AvgIpc) is 2.56. The molecule has 0 aliphatic heterocycles. The van der Waals surface area contributed by atoms with Crippen molar-refractivity contribution in [2.24, 2.45) is 0 Å². The molecule has 0 atom stereocenters. The van der Waals surface area contributed by atoms with Crippen molar-refractivity contribution in [2.45, 2.75) is 6.92 Å². The lowest BCUT2D eigenvalue weighted by atomic mass is 9.94. The Morgan fingerprint density at radius 1 is 0.933 bits per heavy atom.